The van der Waals surface area contributed by atoms with Crippen molar-refractivity contribution in [2.75, 3.05) is 18.5 Å². The van der Waals surface area contributed by atoms with Crippen molar-refractivity contribution in [3.8, 4) is 5.75 Å². The summed E-state index contributed by atoms with van der Waals surface area (Å²) in [6.07, 6.45) is 3.74. The van der Waals surface area contributed by atoms with Crippen LogP contribution in [0.2, 0.25) is 0 Å². The molecule has 5 nitrogen and oxygen atoms in total. The van der Waals surface area contributed by atoms with Crippen molar-refractivity contribution in [1.82, 2.24) is 4.90 Å². The van der Waals surface area contributed by atoms with Crippen LogP contribution in [0.15, 0.2) is 48.5 Å². The second-order valence-electron chi connectivity index (χ2n) is 7.66. The van der Waals surface area contributed by atoms with Crippen LogP contribution in [0.1, 0.15) is 42.1 Å². The summed E-state index contributed by atoms with van der Waals surface area (Å²) in [6.45, 7) is 3.48. The predicted molar refractivity (Wildman–Crippen MR) is 105 cm³/mol. The van der Waals surface area contributed by atoms with Gasteiger partial charge in [0.2, 0.25) is 0 Å². The normalized spacial score (nSPS) is 24.6. The van der Waals surface area contributed by atoms with E-state index in [4.69, 9.17) is 4.74 Å². The van der Waals surface area contributed by atoms with Gasteiger partial charge in [0.25, 0.3) is 5.91 Å². The van der Waals surface area contributed by atoms with Crippen LogP contribution in [0.5, 0.6) is 5.75 Å². The summed E-state index contributed by atoms with van der Waals surface area (Å²) in [6, 6.07) is 15.0. The number of aromatic hydroxyl groups is 1. The number of carbonyl (C=O) groups is 1. The van der Waals surface area contributed by atoms with Crippen LogP contribution in [0.4, 0.5) is 5.69 Å². The van der Waals surface area contributed by atoms with Crippen LogP contribution >= 0.6 is 0 Å². The molecule has 1 fully saturated rings. The van der Waals surface area contributed by atoms with Gasteiger partial charge in [0.1, 0.15) is 11.4 Å². The lowest BCUT2D eigenvalue weighted by atomic mass is 9.93. The molecular weight excluding hydrogens is 340 g/mol. The zero-order valence-electron chi connectivity index (χ0n) is 15.6. The smallest absolute Gasteiger partial charge is 0.257 e. The standard InChI is InChI=1S/C22H26N2O3/c1-22(13-12-16-8-10-17(25)11-9-16)23-20-7-3-2-6-19(20)21(26)24(22)15-18-5-4-14-27-18/h2-3,6-11,18,23,25H,4-5,12-15H2,1H3/t18-,22-/m1/s1. The number of phenolic OH excluding ortho intramolecular Hbond substituents is 1. The fourth-order valence-electron chi connectivity index (χ4n) is 4.03. The first kappa shape index (κ1) is 17.9. The average Bonchev–Trinajstić information content (AvgIpc) is 3.18. The van der Waals surface area contributed by atoms with Crippen LogP contribution in [0, 0.1) is 0 Å². The molecule has 4 rings (SSSR count). The maximum absolute atomic E-state index is 13.3. The number of benzene rings is 2. The molecule has 0 saturated carbocycles. The van der Waals surface area contributed by atoms with Crippen molar-refractivity contribution >= 4 is 11.6 Å². The lowest BCUT2D eigenvalue weighted by Crippen LogP contribution is -2.60. The van der Waals surface area contributed by atoms with E-state index >= 15 is 0 Å². The molecule has 142 valence electrons. The van der Waals surface area contributed by atoms with Gasteiger partial charge in [-0.25, -0.2) is 0 Å². The highest BCUT2D eigenvalue weighted by molar-refractivity contribution is 6.02. The monoisotopic (exact) mass is 366 g/mol. The van der Waals surface area contributed by atoms with Gasteiger partial charge in [-0.2, -0.15) is 0 Å². The van der Waals surface area contributed by atoms with E-state index in [-0.39, 0.29) is 17.8 Å². The van der Waals surface area contributed by atoms with Gasteiger partial charge in [-0.1, -0.05) is 24.3 Å². The molecule has 0 unspecified atom stereocenters. The summed E-state index contributed by atoms with van der Waals surface area (Å²) in [7, 11) is 0. The molecule has 27 heavy (non-hydrogen) atoms. The fraction of sp³-hybridized carbons (Fsp3) is 0.409. The number of nitrogens with zero attached hydrogens (tertiary/aromatic N) is 1. The minimum absolute atomic E-state index is 0.0630. The van der Waals surface area contributed by atoms with E-state index in [0.717, 1.165) is 49.1 Å². The Labute approximate surface area is 160 Å². The Bertz CT molecular complexity index is 815. The molecule has 2 aromatic rings. The molecule has 5 heteroatoms. The molecule has 1 saturated heterocycles. The van der Waals surface area contributed by atoms with Crippen molar-refractivity contribution in [2.45, 2.75) is 44.4 Å². The van der Waals surface area contributed by atoms with Crippen molar-refractivity contribution in [2.24, 2.45) is 0 Å². The summed E-state index contributed by atoms with van der Waals surface area (Å²) in [5, 5.41) is 13.1. The average molecular weight is 366 g/mol. The van der Waals surface area contributed by atoms with Crippen molar-refractivity contribution < 1.29 is 14.6 Å². The van der Waals surface area contributed by atoms with E-state index < -0.39 is 5.66 Å². The van der Waals surface area contributed by atoms with Crippen molar-refractivity contribution in [1.29, 1.82) is 0 Å². The maximum atomic E-state index is 13.3. The number of ether oxygens (including phenoxy) is 1. The Balaban J connectivity index is 1.59. The highest BCUT2D eigenvalue weighted by Crippen LogP contribution is 2.35. The highest BCUT2D eigenvalue weighted by Gasteiger charge is 2.42. The summed E-state index contributed by atoms with van der Waals surface area (Å²) in [5.41, 5.74) is 2.26. The molecule has 2 heterocycles. The van der Waals surface area contributed by atoms with Gasteiger partial charge in [0, 0.05) is 18.8 Å². The van der Waals surface area contributed by atoms with E-state index in [1.807, 2.05) is 41.3 Å². The Morgan fingerprint density at radius 3 is 2.74 bits per heavy atom. The quantitative estimate of drug-likeness (QED) is 0.845. The maximum Gasteiger partial charge on any atom is 0.257 e. The highest BCUT2D eigenvalue weighted by atomic mass is 16.5. The van der Waals surface area contributed by atoms with Crippen LogP contribution in [0.3, 0.4) is 0 Å². The number of carbonyl (C=O) groups excluding carboxylic acids is 1. The van der Waals surface area contributed by atoms with Gasteiger partial charge in [0.05, 0.1) is 11.7 Å². The van der Waals surface area contributed by atoms with Gasteiger partial charge in [0.15, 0.2) is 0 Å². The minimum atomic E-state index is -0.491. The number of phenols is 1. The van der Waals surface area contributed by atoms with Gasteiger partial charge in [-0.3, -0.25) is 4.79 Å². The van der Waals surface area contributed by atoms with Crippen LogP contribution in [-0.4, -0.2) is 40.8 Å². The molecule has 0 radical (unpaired) electrons. The molecular formula is C22H26N2O3. The van der Waals surface area contributed by atoms with Crippen molar-refractivity contribution in [3.63, 3.8) is 0 Å². The Morgan fingerprint density at radius 1 is 1.22 bits per heavy atom. The lowest BCUT2D eigenvalue weighted by molar-refractivity contribution is 0.0233. The number of anilines is 1. The van der Waals surface area contributed by atoms with E-state index in [9.17, 15) is 9.90 Å². The molecule has 2 N–H and O–H groups in total. The first-order chi connectivity index (χ1) is 13.0. The zero-order valence-corrected chi connectivity index (χ0v) is 15.6. The molecule has 0 spiro atoms. The third-order valence-electron chi connectivity index (χ3n) is 5.65. The summed E-state index contributed by atoms with van der Waals surface area (Å²) in [4.78, 5) is 15.2. The topological polar surface area (TPSA) is 61.8 Å². The number of rotatable bonds is 5. The minimum Gasteiger partial charge on any atom is -0.508 e. The molecule has 0 aromatic heterocycles. The predicted octanol–water partition coefficient (Wildman–Crippen LogP) is 3.79. The second-order valence-corrected chi connectivity index (χ2v) is 7.66. The van der Waals surface area contributed by atoms with Gasteiger partial charge >= 0.3 is 0 Å². The molecule has 2 aliphatic heterocycles. The molecule has 2 atom stereocenters. The first-order valence-corrected chi connectivity index (χ1v) is 9.64. The number of fused-ring (bicyclic) bond motifs is 1. The van der Waals surface area contributed by atoms with E-state index in [2.05, 4.69) is 12.2 Å². The van der Waals surface area contributed by atoms with E-state index in [0.29, 0.717) is 6.54 Å². The summed E-state index contributed by atoms with van der Waals surface area (Å²) in [5.74, 6) is 0.331. The zero-order chi connectivity index (χ0) is 18.9. The largest absolute Gasteiger partial charge is 0.508 e. The molecule has 2 aromatic carbocycles. The van der Waals surface area contributed by atoms with Crippen molar-refractivity contribution in [3.05, 3.63) is 59.7 Å². The molecule has 0 aliphatic carbocycles. The molecule has 2 aliphatic rings. The second kappa shape index (κ2) is 7.24. The Morgan fingerprint density at radius 2 is 2.00 bits per heavy atom. The number of aryl methyl sites for hydroxylation is 1. The van der Waals surface area contributed by atoms with E-state index in [1.54, 1.807) is 12.1 Å². The van der Waals surface area contributed by atoms with Crippen LogP contribution in [-0.2, 0) is 11.2 Å². The molecule has 0 bridgehead atoms. The van der Waals surface area contributed by atoms with Gasteiger partial charge in [-0.05, 0) is 62.4 Å². The Kier molecular flexibility index (Phi) is 4.79. The molecule has 1 amide bonds. The fourth-order valence-corrected chi connectivity index (χ4v) is 4.03. The van der Waals surface area contributed by atoms with Crippen LogP contribution < -0.4 is 5.32 Å². The van der Waals surface area contributed by atoms with E-state index in [1.165, 1.54) is 0 Å². The SMILES string of the molecule is C[C@@]1(CCc2ccc(O)cc2)Nc2ccccc2C(=O)N1C[C@H]1CCCO1. The van der Waals surface area contributed by atoms with Crippen LogP contribution in [0.25, 0.3) is 0 Å². The number of amides is 1. The number of hydrogen-bond donors (Lipinski definition) is 2. The lowest BCUT2D eigenvalue weighted by Gasteiger charge is -2.47. The number of para-hydroxylation sites is 1. The number of nitrogens with one attached hydrogen (secondary N) is 1. The number of hydrogen-bond acceptors (Lipinski definition) is 4. The first-order valence-electron chi connectivity index (χ1n) is 9.64. The van der Waals surface area contributed by atoms with Gasteiger partial charge in [-0.15, -0.1) is 0 Å². The summed E-state index contributed by atoms with van der Waals surface area (Å²) < 4.78 is 5.81. The third-order valence-corrected chi connectivity index (χ3v) is 5.65. The third kappa shape index (κ3) is 3.65. The van der Waals surface area contributed by atoms with Gasteiger partial charge < -0.3 is 20.1 Å². The Hall–Kier alpha value is -2.53. The summed E-state index contributed by atoms with van der Waals surface area (Å²) >= 11 is 0.